The number of hydrogen-bond donors (Lipinski definition) is 1. The molecule has 3 rings (SSSR count). The molecule has 19 heavy (non-hydrogen) atoms. The number of hydrogen-bond acceptors (Lipinski definition) is 4. The third-order valence-corrected chi connectivity index (χ3v) is 4.37. The Morgan fingerprint density at radius 3 is 2.37 bits per heavy atom. The first-order valence-electron chi connectivity index (χ1n) is 6.75. The third kappa shape index (κ3) is 2.03. The molecular weight excluding hydrogens is 243 g/mol. The zero-order chi connectivity index (χ0) is 13.8. The Morgan fingerprint density at radius 2 is 1.84 bits per heavy atom. The Hall–Kier alpha value is -1.14. The van der Waals surface area contributed by atoms with Gasteiger partial charge < -0.3 is 14.3 Å². The lowest BCUT2D eigenvalue weighted by molar-refractivity contribution is 0.00578. The molecule has 1 N–H and O–H groups in total. The maximum Gasteiger partial charge on any atom is 0.502 e. The lowest BCUT2D eigenvalue weighted by Crippen LogP contribution is -2.47. The van der Waals surface area contributed by atoms with Gasteiger partial charge in [-0.1, -0.05) is 0 Å². The van der Waals surface area contributed by atoms with Crippen molar-refractivity contribution in [2.75, 3.05) is 0 Å². The molecule has 0 spiro atoms. The van der Waals surface area contributed by atoms with Crippen molar-refractivity contribution in [1.29, 1.82) is 0 Å². The normalized spacial score (nSPS) is 24.7. The average molecular weight is 262 g/mol. The molecule has 0 radical (unpaired) electrons. The Balaban J connectivity index is 2.02. The van der Waals surface area contributed by atoms with Gasteiger partial charge in [-0.15, -0.1) is 0 Å². The van der Waals surface area contributed by atoms with Gasteiger partial charge in [0.1, 0.15) is 0 Å². The number of H-pyrrole nitrogens is 1. The van der Waals surface area contributed by atoms with Crippen LogP contribution in [0.1, 0.15) is 52.1 Å². The molecule has 0 bridgehead atoms. The summed E-state index contributed by atoms with van der Waals surface area (Å²) in [6.07, 6.45) is 3.64. The van der Waals surface area contributed by atoms with Crippen LogP contribution in [0.15, 0.2) is 11.1 Å². The van der Waals surface area contributed by atoms with Crippen LogP contribution in [0, 0.1) is 0 Å². The summed E-state index contributed by atoms with van der Waals surface area (Å²) in [4.78, 5) is 19.1. The van der Waals surface area contributed by atoms with Crippen LogP contribution in [0.3, 0.4) is 0 Å². The highest BCUT2D eigenvalue weighted by molar-refractivity contribution is 6.62. The van der Waals surface area contributed by atoms with Crippen LogP contribution in [0.5, 0.6) is 0 Å². The van der Waals surface area contributed by atoms with E-state index < -0.39 is 18.3 Å². The van der Waals surface area contributed by atoms with Crippen molar-refractivity contribution < 1.29 is 9.31 Å². The monoisotopic (exact) mass is 262 g/mol. The van der Waals surface area contributed by atoms with Crippen LogP contribution in [0.4, 0.5) is 0 Å². The van der Waals surface area contributed by atoms with E-state index in [9.17, 15) is 4.79 Å². The highest BCUT2D eigenvalue weighted by atomic mass is 16.7. The first kappa shape index (κ1) is 12.9. The van der Waals surface area contributed by atoms with Crippen LogP contribution >= 0.6 is 0 Å². The Kier molecular flexibility index (Phi) is 2.66. The Labute approximate surface area is 112 Å². The van der Waals surface area contributed by atoms with Gasteiger partial charge in [-0.2, -0.15) is 0 Å². The van der Waals surface area contributed by atoms with Crippen LogP contribution in [-0.2, 0) is 9.31 Å². The van der Waals surface area contributed by atoms with Crippen LogP contribution < -0.4 is 11.0 Å². The second-order valence-electron chi connectivity index (χ2n) is 6.39. The fourth-order valence-corrected chi connectivity index (χ4v) is 2.29. The lowest BCUT2D eigenvalue weighted by atomic mass is 9.77. The van der Waals surface area contributed by atoms with Crippen molar-refractivity contribution in [1.82, 2.24) is 9.97 Å². The molecule has 1 aliphatic heterocycles. The van der Waals surface area contributed by atoms with E-state index in [1.807, 2.05) is 27.7 Å². The van der Waals surface area contributed by atoms with Gasteiger partial charge in [-0.25, -0.2) is 4.98 Å². The molecule has 1 aliphatic carbocycles. The fourth-order valence-electron chi connectivity index (χ4n) is 2.29. The summed E-state index contributed by atoms with van der Waals surface area (Å²) in [6.45, 7) is 7.92. The van der Waals surface area contributed by atoms with E-state index in [0.717, 1.165) is 18.5 Å². The van der Waals surface area contributed by atoms with Gasteiger partial charge in [0, 0.05) is 5.92 Å². The smallest absolute Gasteiger partial charge is 0.399 e. The molecule has 0 aromatic carbocycles. The maximum absolute atomic E-state index is 12.1. The summed E-state index contributed by atoms with van der Waals surface area (Å²) < 4.78 is 11.9. The van der Waals surface area contributed by atoms with Crippen LogP contribution in [0.2, 0.25) is 0 Å². The minimum atomic E-state index is -0.627. The topological polar surface area (TPSA) is 64.2 Å². The average Bonchev–Trinajstić information content (AvgIpc) is 3.07. The van der Waals surface area contributed by atoms with Gasteiger partial charge in [0.2, 0.25) is 0 Å². The molecule has 6 heteroatoms. The SMILES string of the molecule is CC1(C)OB(c2c(C3CC3)nc[nH]c2=O)OC1(C)C. The minimum Gasteiger partial charge on any atom is -0.399 e. The van der Waals surface area contributed by atoms with Crippen molar-refractivity contribution in [3.05, 3.63) is 22.4 Å². The van der Waals surface area contributed by atoms with Crippen molar-refractivity contribution in [2.24, 2.45) is 0 Å². The van der Waals surface area contributed by atoms with Crippen LogP contribution in [0.25, 0.3) is 0 Å². The number of aromatic nitrogens is 2. The largest absolute Gasteiger partial charge is 0.502 e. The van der Waals surface area contributed by atoms with E-state index >= 15 is 0 Å². The van der Waals surface area contributed by atoms with E-state index in [1.165, 1.54) is 6.33 Å². The maximum atomic E-state index is 12.1. The summed E-state index contributed by atoms with van der Waals surface area (Å²) >= 11 is 0. The Bertz CT molecular complexity index is 547. The number of aromatic amines is 1. The summed E-state index contributed by atoms with van der Waals surface area (Å²) in [6, 6.07) is 0. The third-order valence-electron chi connectivity index (χ3n) is 4.37. The van der Waals surface area contributed by atoms with Gasteiger partial charge in [0.05, 0.1) is 28.7 Å². The molecule has 1 saturated heterocycles. The van der Waals surface area contributed by atoms with E-state index in [4.69, 9.17) is 9.31 Å². The predicted molar refractivity (Wildman–Crippen MR) is 72.5 cm³/mol. The van der Waals surface area contributed by atoms with E-state index in [0.29, 0.717) is 11.4 Å². The van der Waals surface area contributed by atoms with Gasteiger partial charge in [0.25, 0.3) is 5.56 Å². The summed E-state index contributed by atoms with van der Waals surface area (Å²) in [7, 11) is -0.627. The summed E-state index contributed by atoms with van der Waals surface area (Å²) in [5, 5.41) is 0. The highest BCUT2D eigenvalue weighted by Crippen LogP contribution is 2.40. The second kappa shape index (κ2) is 3.93. The zero-order valence-electron chi connectivity index (χ0n) is 11.8. The molecule has 0 amide bonds. The quantitative estimate of drug-likeness (QED) is 0.806. The Morgan fingerprint density at radius 1 is 1.26 bits per heavy atom. The minimum absolute atomic E-state index is 0.157. The van der Waals surface area contributed by atoms with Gasteiger partial charge in [-0.3, -0.25) is 4.79 Å². The van der Waals surface area contributed by atoms with Gasteiger partial charge in [-0.05, 0) is 40.5 Å². The first-order chi connectivity index (χ1) is 8.82. The fraction of sp³-hybridized carbons (Fsp3) is 0.692. The molecule has 2 aliphatic rings. The molecule has 1 saturated carbocycles. The summed E-state index contributed by atoms with van der Waals surface area (Å²) in [5.74, 6) is 0.385. The summed E-state index contributed by atoms with van der Waals surface area (Å²) in [5.41, 5.74) is 0.336. The molecule has 1 aromatic rings. The number of nitrogens with one attached hydrogen (secondary N) is 1. The molecule has 2 fully saturated rings. The molecule has 0 unspecified atom stereocenters. The zero-order valence-corrected chi connectivity index (χ0v) is 11.8. The number of rotatable bonds is 2. The van der Waals surface area contributed by atoms with Crippen LogP contribution in [-0.4, -0.2) is 28.3 Å². The van der Waals surface area contributed by atoms with E-state index in [1.54, 1.807) is 0 Å². The molecule has 1 aromatic heterocycles. The molecule has 2 heterocycles. The lowest BCUT2D eigenvalue weighted by Gasteiger charge is -2.32. The molecular formula is C13H19BN2O3. The van der Waals surface area contributed by atoms with Gasteiger partial charge >= 0.3 is 7.12 Å². The van der Waals surface area contributed by atoms with Crippen molar-refractivity contribution >= 4 is 12.6 Å². The van der Waals surface area contributed by atoms with Crippen molar-refractivity contribution in [3.63, 3.8) is 0 Å². The molecule has 0 atom stereocenters. The first-order valence-corrected chi connectivity index (χ1v) is 6.75. The highest BCUT2D eigenvalue weighted by Gasteiger charge is 2.53. The van der Waals surface area contributed by atoms with Crippen molar-refractivity contribution in [3.8, 4) is 0 Å². The molecule has 5 nitrogen and oxygen atoms in total. The second-order valence-corrected chi connectivity index (χ2v) is 6.39. The predicted octanol–water partition coefficient (Wildman–Crippen LogP) is 0.946. The molecule has 102 valence electrons. The van der Waals surface area contributed by atoms with Crippen molar-refractivity contribution in [2.45, 2.75) is 57.7 Å². The van der Waals surface area contributed by atoms with Gasteiger partial charge in [0.15, 0.2) is 0 Å². The number of nitrogens with zero attached hydrogens (tertiary/aromatic N) is 1. The standard InChI is InChI=1S/C13H19BN2O3/c1-12(2)13(3,4)19-14(18-12)9-10(8-5-6-8)15-7-16-11(9)17/h7-8H,5-6H2,1-4H3,(H,15,16,17). The van der Waals surface area contributed by atoms with E-state index in [-0.39, 0.29) is 5.56 Å². The van der Waals surface area contributed by atoms with E-state index in [2.05, 4.69) is 9.97 Å².